The Morgan fingerprint density at radius 3 is 2.35 bits per heavy atom. The molecule has 0 bridgehead atoms. The van der Waals surface area contributed by atoms with Gasteiger partial charge in [-0.25, -0.2) is 0 Å². The molecule has 0 amide bonds. The van der Waals surface area contributed by atoms with Gasteiger partial charge in [0.1, 0.15) is 0 Å². The maximum absolute atomic E-state index is 11.3. The van der Waals surface area contributed by atoms with Crippen LogP contribution in [0.15, 0.2) is 30.3 Å². The second kappa shape index (κ2) is 4.17. The third kappa shape index (κ3) is 1.97. The van der Waals surface area contributed by atoms with Crippen LogP contribution in [-0.4, -0.2) is 11.1 Å². The average Bonchev–Trinajstić information content (AvgIpc) is 2.52. The fraction of sp³-hybridized carbons (Fsp3) is 0.533. The van der Waals surface area contributed by atoms with Crippen LogP contribution in [0, 0.1) is 17.3 Å². The van der Waals surface area contributed by atoms with Crippen LogP contribution in [0.2, 0.25) is 0 Å². The van der Waals surface area contributed by atoms with Crippen molar-refractivity contribution in [2.45, 2.75) is 33.1 Å². The molecule has 3 atom stereocenters. The molecule has 0 aromatic heterocycles. The lowest BCUT2D eigenvalue weighted by Gasteiger charge is -2.30. The second-order valence-corrected chi connectivity index (χ2v) is 5.75. The Balaban J connectivity index is 2.32. The summed E-state index contributed by atoms with van der Waals surface area (Å²) in [6, 6.07) is 10.3. The van der Waals surface area contributed by atoms with Crippen LogP contribution in [0.3, 0.4) is 0 Å². The molecule has 0 aliphatic heterocycles. The molecule has 1 aliphatic rings. The summed E-state index contributed by atoms with van der Waals surface area (Å²) in [5.74, 6) is -0.124. The SMILES string of the molecule is C[C@@H]1[C@H](c2ccccc2)C[C@H](C(=O)O)C1(C)C. The van der Waals surface area contributed by atoms with E-state index in [1.807, 2.05) is 18.2 Å². The van der Waals surface area contributed by atoms with Gasteiger partial charge in [0.05, 0.1) is 5.92 Å². The molecule has 1 aromatic rings. The van der Waals surface area contributed by atoms with Gasteiger partial charge in [-0.1, -0.05) is 51.1 Å². The smallest absolute Gasteiger partial charge is 0.307 e. The first-order valence-corrected chi connectivity index (χ1v) is 6.22. The zero-order valence-corrected chi connectivity index (χ0v) is 10.7. The maximum atomic E-state index is 11.3. The maximum Gasteiger partial charge on any atom is 0.307 e. The lowest BCUT2D eigenvalue weighted by molar-refractivity contribution is -0.145. The highest BCUT2D eigenvalue weighted by atomic mass is 16.4. The minimum absolute atomic E-state index is 0.133. The zero-order chi connectivity index (χ0) is 12.6. The van der Waals surface area contributed by atoms with Gasteiger partial charge in [0.2, 0.25) is 0 Å². The fourth-order valence-corrected chi connectivity index (χ4v) is 3.14. The molecule has 1 fully saturated rings. The molecule has 1 aromatic carbocycles. The van der Waals surface area contributed by atoms with Gasteiger partial charge in [0.25, 0.3) is 0 Å². The normalized spacial score (nSPS) is 31.4. The van der Waals surface area contributed by atoms with Gasteiger partial charge in [-0.3, -0.25) is 4.79 Å². The molecule has 2 heteroatoms. The van der Waals surface area contributed by atoms with E-state index in [-0.39, 0.29) is 11.3 Å². The third-order valence-electron chi connectivity index (χ3n) is 4.69. The van der Waals surface area contributed by atoms with Crippen molar-refractivity contribution in [1.82, 2.24) is 0 Å². The highest BCUT2D eigenvalue weighted by Gasteiger charge is 2.50. The van der Waals surface area contributed by atoms with Crippen molar-refractivity contribution in [1.29, 1.82) is 0 Å². The number of hydrogen-bond donors (Lipinski definition) is 1. The summed E-state index contributed by atoms with van der Waals surface area (Å²) in [5.41, 5.74) is 1.14. The Morgan fingerprint density at radius 2 is 1.88 bits per heavy atom. The van der Waals surface area contributed by atoms with Crippen LogP contribution >= 0.6 is 0 Å². The summed E-state index contributed by atoms with van der Waals surface area (Å²) >= 11 is 0. The molecule has 1 saturated carbocycles. The van der Waals surface area contributed by atoms with Gasteiger partial charge in [-0.05, 0) is 29.2 Å². The molecule has 2 nitrogen and oxygen atoms in total. The quantitative estimate of drug-likeness (QED) is 0.846. The van der Waals surface area contributed by atoms with Crippen LogP contribution < -0.4 is 0 Å². The third-order valence-corrected chi connectivity index (χ3v) is 4.69. The molecular formula is C15H20O2. The average molecular weight is 232 g/mol. The summed E-state index contributed by atoms with van der Waals surface area (Å²) in [6.45, 7) is 6.35. The van der Waals surface area contributed by atoms with Crippen LogP contribution in [0.5, 0.6) is 0 Å². The number of carbonyl (C=O) groups is 1. The van der Waals surface area contributed by atoms with E-state index in [2.05, 4.69) is 32.9 Å². The molecule has 2 rings (SSSR count). The predicted molar refractivity (Wildman–Crippen MR) is 67.9 cm³/mol. The summed E-state index contributed by atoms with van der Waals surface area (Å²) in [5, 5.41) is 9.33. The number of carboxylic acid groups (broad SMARTS) is 1. The largest absolute Gasteiger partial charge is 0.481 e. The Bertz CT molecular complexity index is 408. The van der Waals surface area contributed by atoms with Gasteiger partial charge < -0.3 is 5.11 Å². The van der Waals surface area contributed by atoms with E-state index >= 15 is 0 Å². The molecule has 1 aliphatic carbocycles. The molecule has 0 spiro atoms. The van der Waals surface area contributed by atoms with E-state index in [1.165, 1.54) is 5.56 Å². The highest BCUT2D eigenvalue weighted by Crippen LogP contribution is 2.54. The van der Waals surface area contributed by atoms with Gasteiger partial charge in [-0.15, -0.1) is 0 Å². The van der Waals surface area contributed by atoms with Gasteiger partial charge >= 0.3 is 5.97 Å². The van der Waals surface area contributed by atoms with Crippen molar-refractivity contribution in [3.8, 4) is 0 Å². The predicted octanol–water partition coefficient (Wildman–Crippen LogP) is 3.54. The molecule has 0 heterocycles. The van der Waals surface area contributed by atoms with Crippen LogP contribution in [0.1, 0.15) is 38.7 Å². The first-order valence-electron chi connectivity index (χ1n) is 6.22. The lowest BCUT2D eigenvalue weighted by atomic mass is 9.74. The number of benzene rings is 1. The number of hydrogen-bond acceptors (Lipinski definition) is 1. The Hall–Kier alpha value is -1.31. The van der Waals surface area contributed by atoms with Crippen molar-refractivity contribution >= 4 is 5.97 Å². The second-order valence-electron chi connectivity index (χ2n) is 5.75. The van der Waals surface area contributed by atoms with Crippen molar-refractivity contribution in [3.05, 3.63) is 35.9 Å². The number of carboxylic acids is 1. The number of rotatable bonds is 2. The van der Waals surface area contributed by atoms with Gasteiger partial charge in [0, 0.05) is 0 Å². The first kappa shape index (κ1) is 12.2. The van der Waals surface area contributed by atoms with Gasteiger partial charge in [-0.2, -0.15) is 0 Å². The molecule has 17 heavy (non-hydrogen) atoms. The highest BCUT2D eigenvalue weighted by molar-refractivity contribution is 5.72. The van der Waals surface area contributed by atoms with Crippen molar-refractivity contribution in [3.63, 3.8) is 0 Å². The van der Waals surface area contributed by atoms with Crippen molar-refractivity contribution in [2.24, 2.45) is 17.3 Å². The molecule has 1 N–H and O–H groups in total. The zero-order valence-electron chi connectivity index (χ0n) is 10.7. The van der Waals surface area contributed by atoms with Crippen molar-refractivity contribution < 1.29 is 9.90 Å². The van der Waals surface area contributed by atoms with E-state index < -0.39 is 5.97 Å². The van der Waals surface area contributed by atoms with Crippen LogP contribution in [0.4, 0.5) is 0 Å². The van der Waals surface area contributed by atoms with Gasteiger partial charge in [0.15, 0.2) is 0 Å². The Morgan fingerprint density at radius 1 is 1.29 bits per heavy atom. The minimum atomic E-state index is -0.653. The molecule has 92 valence electrons. The minimum Gasteiger partial charge on any atom is -0.481 e. The molecule has 0 radical (unpaired) electrons. The standard InChI is InChI=1S/C15H20O2/c1-10-12(11-7-5-4-6-8-11)9-13(14(16)17)15(10,2)3/h4-8,10,12-13H,9H2,1-3H3,(H,16,17)/t10-,12-,13-/m1/s1. The number of aliphatic carboxylic acids is 1. The summed E-state index contributed by atoms with van der Waals surface area (Å²) in [7, 11) is 0. The topological polar surface area (TPSA) is 37.3 Å². The molecule has 0 unspecified atom stereocenters. The first-order chi connectivity index (χ1) is 7.94. The van der Waals surface area contributed by atoms with E-state index in [4.69, 9.17) is 0 Å². The van der Waals surface area contributed by atoms with Crippen LogP contribution in [0.25, 0.3) is 0 Å². The lowest BCUT2D eigenvalue weighted by Crippen LogP contribution is -2.29. The van der Waals surface area contributed by atoms with E-state index in [0.29, 0.717) is 11.8 Å². The van der Waals surface area contributed by atoms with E-state index in [0.717, 1.165) is 6.42 Å². The van der Waals surface area contributed by atoms with E-state index in [1.54, 1.807) is 0 Å². The van der Waals surface area contributed by atoms with Crippen molar-refractivity contribution in [2.75, 3.05) is 0 Å². The Labute approximate surface area is 103 Å². The summed E-state index contributed by atoms with van der Waals surface area (Å²) in [6.07, 6.45) is 0.757. The molecular weight excluding hydrogens is 212 g/mol. The monoisotopic (exact) mass is 232 g/mol. The summed E-state index contributed by atoms with van der Waals surface area (Å²) < 4.78 is 0. The Kier molecular flexibility index (Phi) is 2.98. The van der Waals surface area contributed by atoms with E-state index in [9.17, 15) is 9.90 Å². The molecule has 0 saturated heterocycles. The summed E-state index contributed by atoms with van der Waals surface area (Å²) in [4.78, 5) is 11.3. The van der Waals surface area contributed by atoms with Crippen LogP contribution in [-0.2, 0) is 4.79 Å². The fourth-order valence-electron chi connectivity index (χ4n) is 3.14.